The van der Waals surface area contributed by atoms with Gasteiger partial charge in [0.15, 0.2) is 5.76 Å². The van der Waals surface area contributed by atoms with Gasteiger partial charge in [0.25, 0.3) is 10.0 Å². The van der Waals surface area contributed by atoms with Gasteiger partial charge >= 0.3 is 0 Å². The topological polar surface area (TPSA) is 108 Å². The fourth-order valence-electron chi connectivity index (χ4n) is 3.79. The third-order valence-electron chi connectivity index (χ3n) is 5.19. The number of sulfonamides is 1. The number of hydrogen-bond acceptors (Lipinski definition) is 5. The third kappa shape index (κ3) is 4.17. The molecule has 4 rings (SSSR count). The van der Waals surface area contributed by atoms with E-state index in [4.69, 9.17) is 4.42 Å². The first-order chi connectivity index (χ1) is 14.3. The van der Waals surface area contributed by atoms with Crippen molar-refractivity contribution in [1.82, 2.24) is 14.5 Å². The number of anilines is 1. The summed E-state index contributed by atoms with van der Waals surface area (Å²) in [7, 11) is -3.83. The van der Waals surface area contributed by atoms with Crippen molar-refractivity contribution in [3.63, 3.8) is 0 Å². The Labute approximate surface area is 175 Å². The zero-order chi connectivity index (χ0) is 21.3. The number of aryl methyl sites for hydroxylation is 2. The highest BCUT2D eigenvalue weighted by Crippen LogP contribution is 2.28. The Hall–Kier alpha value is -2.91. The summed E-state index contributed by atoms with van der Waals surface area (Å²) in [5, 5.41) is 9.39. The monoisotopic (exact) mass is 428 g/mol. The van der Waals surface area contributed by atoms with Crippen LogP contribution in [-0.4, -0.2) is 41.9 Å². The number of benzene rings is 1. The van der Waals surface area contributed by atoms with Crippen molar-refractivity contribution >= 4 is 21.6 Å². The minimum atomic E-state index is -3.83. The molecule has 0 saturated carbocycles. The maximum atomic E-state index is 13.1. The molecule has 3 heterocycles. The van der Waals surface area contributed by atoms with Crippen LogP contribution in [0.15, 0.2) is 52.1 Å². The quantitative estimate of drug-likeness (QED) is 0.648. The van der Waals surface area contributed by atoms with Gasteiger partial charge in [0, 0.05) is 25.0 Å². The lowest BCUT2D eigenvalue weighted by atomic mass is 9.98. The second kappa shape index (κ2) is 8.08. The van der Waals surface area contributed by atoms with Crippen LogP contribution in [0.3, 0.4) is 0 Å². The Kier molecular flexibility index (Phi) is 5.48. The van der Waals surface area contributed by atoms with Crippen molar-refractivity contribution in [3.05, 3.63) is 53.7 Å². The highest BCUT2D eigenvalue weighted by atomic mass is 32.2. The molecule has 2 N–H and O–H groups in total. The number of rotatable bonds is 5. The molecule has 0 spiro atoms. The molecule has 9 heteroatoms. The van der Waals surface area contributed by atoms with Crippen LogP contribution < -0.4 is 5.32 Å². The van der Waals surface area contributed by atoms with Crippen molar-refractivity contribution in [2.24, 2.45) is 5.92 Å². The van der Waals surface area contributed by atoms with Gasteiger partial charge in [-0.25, -0.2) is 8.42 Å². The molecular weight excluding hydrogens is 404 g/mol. The molecule has 0 radical (unpaired) electrons. The van der Waals surface area contributed by atoms with E-state index in [1.807, 2.05) is 32.0 Å². The predicted octanol–water partition coefficient (Wildman–Crippen LogP) is 3.33. The van der Waals surface area contributed by atoms with E-state index in [9.17, 15) is 13.2 Å². The van der Waals surface area contributed by atoms with Crippen molar-refractivity contribution in [3.8, 4) is 11.5 Å². The maximum Gasteiger partial charge on any atom is 0.276 e. The molecule has 1 aromatic carbocycles. The van der Waals surface area contributed by atoms with Crippen LogP contribution in [0.2, 0.25) is 0 Å². The minimum Gasteiger partial charge on any atom is -0.442 e. The lowest BCUT2D eigenvalue weighted by Gasteiger charge is -2.30. The Bertz CT molecular complexity index is 1130. The Morgan fingerprint density at radius 3 is 2.67 bits per heavy atom. The van der Waals surface area contributed by atoms with Gasteiger partial charge in [0.1, 0.15) is 5.69 Å². The molecule has 1 amide bonds. The third-order valence-corrected chi connectivity index (χ3v) is 6.93. The van der Waals surface area contributed by atoms with E-state index >= 15 is 0 Å². The van der Waals surface area contributed by atoms with Gasteiger partial charge in [-0.3, -0.25) is 9.89 Å². The average Bonchev–Trinajstić information content (AvgIpc) is 3.39. The number of carbonyl (C=O) groups excluding carboxylic acids is 1. The first kappa shape index (κ1) is 20.4. The van der Waals surface area contributed by atoms with Crippen LogP contribution in [0, 0.1) is 19.8 Å². The molecule has 1 atom stereocenters. The zero-order valence-electron chi connectivity index (χ0n) is 16.9. The number of aromatic amines is 1. The molecule has 0 bridgehead atoms. The lowest BCUT2D eigenvalue weighted by Crippen LogP contribution is -2.43. The predicted molar refractivity (Wildman–Crippen MR) is 112 cm³/mol. The normalized spacial score (nSPS) is 17.7. The summed E-state index contributed by atoms with van der Waals surface area (Å²) in [4.78, 5) is 12.8. The Morgan fingerprint density at radius 1 is 1.20 bits per heavy atom. The molecule has 2 aromatic heterocycles. The van der Waals surface area contributed by atoms with Crippen LogP contribution in [0.4, 0.5) is 5.69 Å². The van der Waals surface area contributed by atoms with E-state index in [-0.39, 0.29) is 17.5 Å². The van der Waals surface area contributed by atoms with Crippen molar-refractivity contribution in [2.75, 3.05) is 18.4 Å². The fourth-order valence-corrected chi connectivity index (χ4v) is 5.23. The number of piperidine rings is 1. The summed E-state index contributed by atoms with van der Waals surface area (Å²) in [5.41, 5.74) is 3.45. The van der Waals surface area contributed by atoms with Gasteiger partial charge in [0.05, 0.1) is 5.92 Å². The number of furan rings is 1. The van der Waals surface area contributed by atoms with Crippen LogP contribution >= 0.6 is 0 Å². The SMILES string of the molecule is Cc1cc(C)cc(NC(=O)[C@@H]2CCCN(S(=O)(=O)c3ccc(-c4ccn[nH]4)o3)C2)c1. The summed E-state index contributed by atoms with van der Waals surface area (Å²) in [5.74, 6) is -0.193. The van der Waals surface area contributed by atoms with E-state index in [0.29, 0.717) is 30.8 Å². The standard InChI is InChI=1S/C21H24N4O4S/c1-14-10-15(2)12-17(11-14)23-21(26)16-4-3-9-25(13-16)30(27,28)20-6-5-19(29-20)18-7-8-22-24-18/h5-8,10-12,16H,3-4,9,13H2,1-2H3,(H,22,24)(H,23,26)/t16-/m1/s1. The second-order valence-corrected chi connectivity index (χ2v) is 9.53. The number of carbonyl (C=O) groups is 1. The number of amides is 1. The van der Waals surface area contributed by atoms with Gasteiger partial charge in [-0.2, -0.15) is 9.40 Å². The molecule has 30 heavy (non-hydrogen) atoms. The molecule has 1 aliphatic heterocycles. The molecule has 1 fully saturated rings. The summed E-state index contributed by atoms with van der Waals surface area (Å²) < 4.78 is 33.0. The minimum absolute atomic E-state index is 0.124. The van der Waals surface area contributed by atoms with E-state index < -0.39 is 15.9 Å². The maximum absolute atomic E-state index is 13.1. The van der Waals surface area contributed by atoms with Crippen LogP contribution in [-0.2, 0) is 14.8 Å². The van der Waals surface area contributed by atoms with Crippen LogP contribution in [0.1, 0.15) is 24.0 Å². The summed E-state index contributed by atoms with van der Waals surface area (Å²) >= 11 is 0. The molecule has 158 valence electrons. The molecular formula is C21H24N4O4S. The van der Waals surface area contributed by atoms with Crippen molar-refractivity contribution in [2.45, 2.75) is 31.8 Å². The molecule has 1 saturated heterocycles. The Morgan fingerprint density at radius 2 is 1.97 bits per heavy atom. The summed E-state index contributed by atoms with van der Waals surface area (Å²) in [6.45, 7) is 4.42. The number of H-pyrrole nitrogens is 1. The smallest absolute Gasteiger partial charge is 0.276 e. The highest BCUT2D eigenvalue weighted by Gasteiger charge is 2.35. The van der Waals surface area contributed by atoms with Gasteiger partial charge in [-0.1, -0.05) is 6.07 Å². The van der Waals surface area contributed by atoms with E-state index in [0.717, 1.165) is 16.8 Å². The molecule has 0 unspecified atom stereocenters. The molecule has 8 nitrogen and oxygen atoms in total. The summed E-state index contributed by atoms with van der Waals surface area (Å²) in [6.07, 6.45) is 2.81. The zero-order valence-corrected chi connectivity index (χ0v) is 17.7. The average molecular weight is 429 g/mol. The number of nitrogens with zero attached hydrogens (tertiary/aromatic N) is 2. The number of aromatic nitrogens is 2. The number of hydrogen-bond donors (Lipinski definition) is 2. The summed E-state index contributed by atoms with van der Waals surface area (Å²) in [6, 6.07) is 10.6. The molecule has 0 aliphatic carbocycles. The lowest BCUT2D eigenvalue weighted by molar-refractivity contribution is -0.120. The Balaban J connectivity index is 1.48. The van der Waals surface area contributed by atoms with E-state index in [1.165, 1.54) is 10.4 Å². The molecule has 1 aliphatic rings. The second-order valence-electron chi connectivity index (χ2n) is 7.66. The van der Waals surface area contributed by atoms with Gasteiger partial charge in [-0.15, -0.1) is 0 Å². The first-order valence-corrected chi connectivity index (χ1v) is 11.3. The van der Waals surface area contributed by atoms with Crippen molar-refractivity contribution in [1.29, 1.82) is 0 Å². The van der Waals surface area contributed by atoms with E-state index in [2.05, 4.69) is 15.5 Å². The van der Waals surface area contributed by atoms with E-state index in [1.54, 1.807) is 18.3 Å². The van der Waals surface area contributed by atoms with Crippen LogP contribution in [0.5, 0.6) is 0 Å². The van der Waals surface area contributed by atoms with Gasteiger partial charge in [-0.05, 0) is 68.1 Å². The highest BCUT2D eigenvalue weighted by molar-refractivity contribution is 7.89. The van der Waals surface area contributed by atoms with Crippen LogP contribution in [0.25, 0.3) is 11.5 Å². The fraction of sp³-hybridized carbons (Fsp3) is 0.333. The van der Waals surface area contributed by atoms with Gasteiger partial charge in [0.2, 0.25) is 11.0 Å². The first-order valence-electron chi connectivity index (χ1n) is 9.82. The van der Waals surface area contributed by atoms with Gasteiger partial charge < -0.3 is 9.73 Å². The van der Waals surface area contributed by atoms with Crippen molar-refractivity contribution < 1.29 is 17.6 Å². The molecule has 3 aromatic rings. The number of nitrogens with one attached hydrogen (secondary N) is 2. The largest absolute Gasteiger partial charge is 0.442 e.